The maximum Gasteiger partial charge on any atom is 0.279 e. The predicted molar refractivity (Wildman–Crippen MR) is 135 cm³/mol. The molecular formula is C25H31N3O4S2. The van der Waals surface area contributed by atoms with Crippen molar-refractivity contribution in [2.24, 2.45) is 4.99 Å². The van der Waals surface area contributed by atoms with E-state index in [9.17, 15) is 13.2 Å². The van der Waals surface area contributed by atoms with E-state index in [-0.39, 0.29) is 4.90 Å². The van der Waals surface area contributed by atoms with E-state index in [4.69, 9.17) is 4.74 Å². The van der Waals surface area contributed by atoms with Crippen LogP contribution in [0.3, 0.4) is 0 Å². The highest BCUT2D eigenvalue weighted by Gasteiger charge is 2.26. The fraction of sp³-hybridized carbons (Fsp3) is 0.440. The first-order valence-corrected chi connectivity index (χ1v) is 13.9. The highest BCUT2D eigenvalue weighted by Crippen LogP contribution is 2.24. The van der Waals surface area contributed by atoms with Gasteiger partial charge in [-0.05, 0) is 75.1 Å². The normalized spacial score (nSPS) is 15.8. The maximum absolute atomic E-state index is 13.0. The summed E-state index contributed by atoms with van der Waals surface area (Å²) in [5.41, 5.74) is 3.71. The fourth-order valence-corrected chi connectivity index (χ4v) is 7.11. The Morgan fingerprint density at radius 3 is 2.47 bits per heavy atom. The zero-order valence-corrected chi connectivity index (χ0v) is 21.5. The lowest BCUT2D eigenvalue weighted by atomic mass is 10.1. The van der Waals surface area contributed by atoms with Crippen LogP contribution < -0.4 is 4.80 Å². The highest BCUT2D eigenvalue weighted by molar-refractivity contribution is 7.89. The van der Waals surface area contributed by atoms with Crippen LogP contribution >= 0.6 is 11.3 Å². The molecule has 2 heterocycles. The number of amides is 1. The second-order valence-corrected chi connectivity index (χ2v) is 11.5. The number of nitrogens with zero attached hydrogens (tertiary/aromatic N) is 3. The van der Waals surface area contributed by atoms with Gasteiger partial charge in [-0.25, -0.2) is 8.42 Å². The van der Waals surface area contributed by atoms with Gasteiger partial charge in [0.25, 0.3) is 5.91 Å². The number of hydrogen-bond donors (Lipinski definition) is 0. The lowest BCUT2D eigenvalue weighted by Crippen LogP contribution is -2.35. The minimum atomic E-state index is -3.53. The number of sulfonamides is 1. The van der Waals surface area contributed by atoms with Crippen molar-refractivity contribution in [3.8, 4) is 0 Å². The molecule has 0 spiro atoms. The first kappa shape index (κ1) is 24.8. The van der Waals surface area contributed by atoms with E-state index in [0.29, 0.717) is 43.2 Å². The number of fused-ring (bicyclic) bond motifs is 1. The van der Waals surface area contributed by atoms with Gasteiger partial charge in [0.2, 0.25) is 10.0 Å². The van der Waals surface area contributed by atoms with Gasteiger partial charge in [0, 0.05) is 31.8 Å². The zero-order chi connectivity index (χ0) is 24.3. The molecule has 9 heteroatoms. The van der Waals surface area contributed by atoms with Crippen molar-refractivity contribution in [2.75, 3.05) is 26.3 Å². The van der Waals surface area contributed by atoms with Gasteiger partial charge < -0.3 is 9.30 Å². The molecule has 4 rings (SSSR count). The molecule has 34 heavy (non-hydrogen) atoms. The molecule has 182 valence electrons. The van der Waals surface area contributed by atoms with E-state index in [2.05, 4.69) is 31.0 Å². The number of hydrogen-bond acceptors (Lipinski definition) is 5. The van der Waals surface area contributed by atoms with E-state index in [1.807, 2.05) is 11.5 Å². The lowest BCUT2D eigenvalue weighted by Gasteiger charge is -2.25. The van der Waals surface area contributed by atoms with Crippen LogP contribution in [0.1, 0.15) is 47.7 Å². The van der Waals surface area contributed by atoms with Crippen molar-refractivity contribution in [2.45, 2.75) is 51.5 Å². The van der Waals surface area contributed by atoms with Crippen LogP contribution in [0.25, 0.3) is 10.2 Å². The molecular weight excluding hydrogens is 470 g/mol. The first-order valence-electron chi connectivity index (χ1n) is 11.7. The maximum atomic E-state index is 13.0. The van der Waals surface area contributed by atoms with Gasteiger partial charge in [-0.15, -0.1) is 0 Å². The molecule has 0 aliphatic carbocycles. The Balaban J connectivity index is 1.66. The summed E-state index contributed by atoms with van der Waals surface area (Å²) in [7, 11) is -3.53. The molecule has 7 nitrogen and oxygen atoms in total. The van der Waals surface area contributed by atoms with Gasteiger partial charge in [0.1, 0.15) is 0 Å². The molecule has 1 aliphatic rings. The Hall–Kier alpha value is -2.33. The van der Waals surface area contributed by atoms with Crippen molar-refractivity contribution >= 4 is 37.5 Å². The van der Waals surface area contributed by atoms with Gasteiger partial charge in [0.05, 0.1) is 21.7 Å². The van der Waals surface area contributed by atoms with Crippen molar-refractivity contribution in [3.63, 3.8) is 0 Å². The van der Waals surface area contributed by atoms with E-state index < -0.39 is 15.9 Å². The van der Waals surface area contributed by atoms with Gasteiger partial charge in [-0.3, -0.25) is 4.79 Å². The Morgan fingerprint density at radius 2 is 1.79 bits per heavy atom. The van der Waals surface area contributed by atoms with Crippen molar-refractivity contribution in [3.05, 3.63) is 57.9 Å². The van der Waals surface area contributed by atoms with Gasteiger partial charge in [-0.1, -0.05) is 23.8 Å². The third kappa shape index (κ3) is 5.17. The molecule has 0 atom stereocenters. The van der Waals surface area contributed by atoms with E-state index in [1.165, 1.54) is 27.8 Å². The Bertz CT molecular complexity index is 1350. The van der Waals surface area contributed by atoms with Crippen LogP contribution in [0.5, 0.6) is 0 Å². The second-order valence-electron chi connectivity index (χ2n) is 8.57. The number of carbonyl (C=O) groups excluding carboxylic acids is 1. The average Bonchev–Trinajstić information content (AvgIpc) is 3.16. The molecule has 2 aromatic carbocycles. The quantitative estimate of drug-likeness (QED) is 0.453. The summed E-state index contributed by atoms with van der Waals surface area (Å²) in [5.74, 6) is -0.395. The standard InChI is InChI=1S/C25H31N3O4S2/c1-4-32-15-14-28-23-19(3)16-18(2)17-22(23)33-25(28)26-24(29)20-8-10-21(11-9-20)34(30,31)27-12-6-5-7-13-27/h8-11,16-17H,4-7,12-15H2,1-3H3. The summed E-state index contributed by atoms with van der Waals surface area (Å²) in [6.45, 7) is 8.91. The summed E-state index contributed by atoms with van der Waals surface area (Å²) < 4.78 is 36.0. The van der Waals surface area contributed by atoms with Crippen LogP contribution in [0.4, 0.5) is 0 Å². The number of aromatic nitrogens is 1. The number of benzene rings is 2. The third-order valence-electron chi connectivity index (χ3n) is 6.03. The molecule has 1 aliphatic heterocycles. The van der Waals surface area contributed by atoms with Crippen LogP contribution in [0.15, 0.2) is 46.3 Å². The number of carbonyl (C=O) groups is 1. The Kier molecular flexibility index (Phi) is 7.67. The summed E-state index contributed by atoms with van der Waals surface area (Å²) in [6, 6.07) is 10.3. The summed E-state index contributed by atoms with van der Waals surface area (Å²) in [6.07, 6.45) is 2.82. The summed E-state index contributed by atoms with van der Waals surface area (Å²) >= 11 is 1.48. The number of aryl methyl sites for hydroxylation is 2. The summed E-state index contributed by atoms with van der Waals surface area (Å²) in [4.78, 5) is 18.3. The smallest absolute Gasteiger partial charge is 0.279 e. The predicted octanol–water partition coefficient (Wildman–Crippen LogP) is 4.27. The van der Waals surface area contributed by atoms with Crippen LogP contribution in [0.2, 0.25) is 0 Å². The largest absolute Gasteiger partial charge is 0.380 e. The van der Waals surface area contributed by atoms with Crippen LogP contribution in [-0.2, 0) is 21.3 Å². The molecule has 0 N–H and O–H groups in total. The molecule has 0 unspecified atom stereocenters. The van der Waals surface area contributed by atoms with Crippen LogP contribution in [-0.4, -0.2) is 49.5 Å². The molecule has 1 amide bonds. The number of ether oxygens (including phenoxy) is 1. The number of rotatable bonds is 7. The number of thiazole rings is 1. The Morgan fingerprint density at radius 1 is 1.09 bits per heavy atom. The van der Waals surface area contributed by atoms with Gasteiger partial charge >= 0.3 is 0 Å². The van der Waals surface area contributed by atoms with Crippen molar-refractivity contribution in [1.82, 2.24) is 8.87 Å². The molecule has 1 aromatic heterocycles. The molecule has 0 saturated carbocycles. The minimum absolute atomic E-state index is 0.214. The van der Waals surface area contributed by atoms with Crippen molar-refractivity contribution in [1.29, 1.82) is 0 Å². The minimum Gasteiger partial charge on any atom is -0.380 e. The van der Waals surface area contributed by atoms with Gasteiger partial charge in [0.15, 0.2) is 4.80 Å². The number of piperidine rings is 1. The van der Waals surface area contributed by atoms with Crippen molar-refractivity contribution < 1.29 is 17.9 Å². The molecule has 0 bridgehead atoms. The molecule has 1 saturated heterocycles. The second kappa shape index (κ2) is 10.5. The topological polar surface area (TPSA) is 81.0 Å². The zero-order valence-electron chi connectivity index (χ0n) is 19.9. The summed E-state index contributed by atoms with van der Waals surface area (Å²) in [5, 5.41) is 0. The van der Waals surface area contributed by atoms with Gasteiger partial charge in [-0.2, -0.15) is 9.30 Å². The fourth-order valence-electron chi connectivity index (χ4n) is 4.36. The van der Waals surface area contributed by atoms with Crippen LogP contribution in [0, 0.1) is 13.8 Å². The first-order chi connectivity index (χ1) is 16.3. The van der Waals surface area contributed by atoms with E-state index >= 15 is 0 Å². The monoisotopic (exact) mass is 501 g/mol. The molecule has 0 radical (unpaired) electrons. The highest BCUT2D eigenvalue weighted by atomic mass is 32.2. The van der Waals surface area contributed by atoms with E-state index in [1.54, 1.807) is 12.1 Å². The average molecular weight is 502 g/mol. The Labute approximate surface area is 204 Å². The SMILES string of the molecule is CCOCCn1c(=NC(=O)c2ccc(S(=O)(=O)N3CCCCC3)cc2)sc2cc(C)cc(C)c21. The lowest BCUT2D eigenvalue weighted by molar-refractivity contribution is 0.0996. The van der Waals surface area contributed by atoms with E-state index in [0.717, 1.165) is 40.6 Å². The third-order valence-corrected chi connectivity index (χ3v) is 8.96. The molecule has 3 aromatic rings. The molecule has 1 fully saturated rings.